The molecule has 0 spiro atoms. The van der Waals surface area contributed by atoms with Crippen LogP contribution >= 0.6 is 11.3 Å². The number of nitrogens with zero attached hydrogens (tertiary/aromatic N) is 3. The molecule has 1 aliphatic heterocycles. The summed E-state index contributed by atoms with van der Waals surface area (Å²) in [5.74, 6) is 0.436. The number of carbonyl (C=O) groups is 3. The highest BCUT2D eigenvalue weighted by atomic mass is 32.1. The van der Waals surface area contributed by atoms with Crippen molar-refractivity contribution in [2.24, 2.45) is 0 Å². The number of hydrogen-bond acceptors (Lipinski definition) is 8. The Hall–Kier alpha value is -3.14. The number of thiazole rings is 1. The fourth-order valence-electron chi connectivity index (χ4n) is 3.43. The molecular formula is C22H27N3O6S. The van der Waals surface area contributed by atoms with Crippen LogP contribution in [0, 0.1) is 0 Å². The van der Waals surface area contributed by atoms with E-state index in [1.807, 2.05) is 12.1 Å². The third-order valence-corrected chi connectivity index (χ3v) is 6.14. The lowest BCUT2D eigenvalue weighted by Crippen LogP contribution is -2.52. The van der Waals surface area contributed by atoms with Gasteiger partial charge in [0, 0.05) is 44.0 Å². The Morgan fingerprint density at radius 3 is 2.34 bits per heavy atom. The molecule has 1 aliphatic rings. The minimum atomic E-state index is -0.893. The molecule has 32 heavy (non-hydrogen) atoms. The summed E-state index contributed by atoms with van der Waals surface area (Å²) in [6.07, 6.45) is -0.921. The molecule has 1 fully saturated rings. The Kier molecular flexibility index (Phi) is 7.68. The maximum absolute atomic E-state index is 12.6. The number of carbonyl (C=O) groups excluding carboxylic acids is 3. The summed E-state index contributed by atoms with van der Waals surface area (Å²) in [5.41, 5.74) is 1.42. The highest BCUT2D eigenvalue weighted by Gasteiger charge is 2.28. The number of ether oxygens (including phenoxy) is 3. The molecule has 172 valence electrons. The second kappa shape index (κ2) is 10.4. The summed E-state index contributed by atoms with van der Waals surface area (Å²) in [5, 5.41) is 2.53. The number of rotatable bonds is 7. The average Bonchev–Trinajstić information content (AvgIpc) is 3.26. The number of hydrogen-bond donors (Lipinski definition) is 0. The molecule has 3 rings (SSSR count). The van der Waals surface area contributed by atoms with Crippen LogP contribution in [0.2, 0.25) is 0 Å². The van der Waals surface area contributed by atoms with Crippen LogP contribution in [0.1, 0.15) is 19.5 Å². The van der Waals surface area contributed by atoms with Gasteiger partial charge in [-0.15, -0.1) is 11.3 Å². The number of aromatic nitrogens is 1. The highest BCUT2D eigenvalue weighted by Crippen LogP contribution is 2.33. The average molecular weight is 462 g/mol. The minimum absolute atomic E-state index is 0.00714. The smallest absolute Gasteiger partial charge is 0.312 e. The Morgan fingerprint density at radius 1 is 1.06 bits per heavy atom. The Morgan fingerprint density at radius 2 is 1.72 bits per heavy atom. The molecule has 1 atom stereocenters. The SMILES string of the molecule is COc1ccc(-c2nc(CC(=O)OC(C)C(=O)N3CCN(C(C)=O)CC3)cs2)cc1OC. The predicted molar refractivity (Wildman–Crippen MR) is 119 cm³/mol. The van der Waals surface area contributed by atoms with E-state index in [2.05, 4.69) is 4.98 Å². The van der Waals surface area contributed by atoms with Gasteiger partial charge in [0.25, 0.3) is 5.91 Å². The van der Waals surface area contributed by atoms with Crippen molar-refractivity contribution in [1.29, 1.82) is 0 Å². The van der Waals surface area contributed by atoms with Crippen LogP contribution in [0.15, 0.2) is 23.6 Å². The molecule has 0 radical (unpaired) electrons. The van der Waals surface area contributed by atoms with Crippen molar-refractivity contribution in [1.82, 2.24) is 14.8 Å². The van der Waals surface area contributed by atoms with Crippen molar-refractivity contribution in [3.63, 3.8) is 0 Å². The fourth-order valence-corrected chi connectivity index (χ4v) is 4.24. The molecule has 0 saturated carbocycles. The first-order valence-electron chi connectivity index (χ1n) is 10.2. The standard InChI is InChI=1S/C22H27N3O6S/c1-14(22(28)25-9-7-24(8-10-25)15(2)26)31-20(27)12-17-13-32-21(23-17)16-5-6-18(29-3)19(11-16)30-4/h5-6,11,13-14H,7-10,12H2,1-4H3. The summed E-state index contributed by atoms with van der Waals surface area (Å²) in [4.78, 5) is 44.2. The largest absolute Gasteiger partial charge is 0.493 e. The number of esters is 1. The molecule has 1 aromatic carbocycles. The molecule has 1 aromatic heterocycles. The van der Waals surface area contributed by atoms with E-state index in [0.717, 1.165) is 10.6 Å². The zero-order chi connectivity index (χ0) is 23.3. The van der Waals surface area contributed by atoms with Crippen molar-refractivity contribution < 1.29 is 28.6 Å². The van der Waals surface area contributed by atoms with Crippen molar-refractivity contribution in [2.75, 3.05) is 40.4 Å². The van der Waals surface area contributed by atoms with E-state index in [0.29, 0.717) is 43.4 Å². The van der Waals surface area contributed by atoms with E-state index in [4.69, 9.17) is 14.2 Å². The topological polar surface area (TPSA) is 98.3 Å². The van der Waals surface area contributed by atoms with Gasteiger partial charge in [-0.3, -0.25) is 14.4 Å². The Labute approximate surface area is 190 Å². The van der Waals surface area contributed by atoms with E-state index >= 15 is 0 Å². The molecule has 0 N–H and O–H groups in total. The summed E-state index contributed by atoms with van der Waals surface area (Å²) >= 11 is 1.41. The molecule has 0 aliphatic carbocycles. The van der Waals surface area contributed by atoms with E-state index in [1.54, 1.807) is 42.4 Å². The third kappa shape index (κ3) is 5.56. The number of methoxy groups -OCH3 is 2. The van der Waals surface area contributed by atoms with Gasteiger partial charge in [-0.25, -0.2) is 4.98 Å². The van der Waals surface area contributed by atoms with E-state index < -0.39 is 12.1 Å². The van der Waals surface area contributed by atoms with E-state index in [-0.39, 0.29) is 18.2 Å². The second-order valence-corrected chi connectivity index (χ2v) is 8.21. The maximum Gasteiger partial charge on any atom is 0.312 e. The predicted octanol–water partition coefficient (Wildman–Crippen LogP) is 1.99. The number of amides is 2. The lowest BCUT2D eigenvalue weighted by molar-refractivity contribution is -0.159. The van der Waals surface area contributed by atoms with Crippen LogP contribution in [0.4, 0.5) is 0 Å². The van der Waals surface area contributed by atoms with Gasteiger partial charge in [0.15, 0.2) is 17.6 Å². The molecule has 10 heteroatoms. The van der Waals surface area contributed by atoms with E-state index in [9.17, 15) is 14.4 Å². The van der Waals surface area contributed by atoms with Crippen LogP contribution in [0.3, 0.4) is 0 Å². The fraction of sp³-hybridized carbons (Fsp3) is 0.455. The van der Waals surface area contributed by atoms with Crippen LogP contribution in [0.5, 0.6) is 11.5 Å². The summed E-state index contributed by atoms with van der Waals surface area (Å²) < 4.78 is 15.9. The second-order valence-electron chi connectivity index (χ2n) is 7.35. The van der Waals surface area contributed by atoms with Crippen molar-refractivity contribution in [3.8, 4) is 22.1 Å². The van der Waals surface area contributed by atoms with Gasteiger partial charge in [-0.05, 0) is 25.1 Å². The summed E-state index contributed by atoms with van der Waals surface area (Å²) in [6.45, 7) is 4.91. The molecule has 0 bridgehead atoms. The highest BCUT2D eigenvalue weighted by molar-refractivity contribution is 7.13. The van der Waals surface area contributed by atoms with Crippen LogP contribution in [-0.2, 0) is 25.5 Å². The third-order valence-electron chi connectivity index (χ3n) is 5.20. The lowest BCUT2D eigenvalue weighted by Gasteiger charge is -2.35. The number of benzene rings is 1. The first-order valence-corrected chi connectivity index (χ1v) is 11.1. The molecule has 2 aromatic rings. The van der Waals surface area contributed by atoms with Crippen LogP contribution in [-0.4, -0.2) is 79.1 Å². The zero-order valence-corrected chi connectivity index (χ0v) is 19.4. The number of piperazine rings is 1. The Bertz CT molecular complexity index is 984. The zero-order valence-electron chi connectivity index (χ0n) is 18.6. The molecule has 9 nitrogen and oxygen atoms in total. The first kappa shape index (κ1) is 23.5. The molecular weight excluding hydrogens is 434 g/mol. The molecule has 2 amide bonds. The molecule has 1 unspecified atom stereocenters. The first-order chi connectivity index (χ1) is 15.3. The monoisotopic (exact) mass is 461 g/mol. The van der Waals surface area contributed by atoms with Gasteiger partial charge in [0.2, 0.25) is 5.91 Å². The molecule has 2 heterocycles. The quantitative estimate of drug-likeness (QED) is 0.582. The van der Waals surface area contributed by atoms with Crippen molar-refractivity contribution in [2.45, 2.75) is 26.4 Å². The summed E-state index contributed by atoms with van der Waals surface area (Å²) in [7, 11) is 3.14. The van der Waals surface area contributed by atoms with E-state index in [1.165, 1.54) is 18.3 Å². The van der Waals surface area contributed by atoms with Crippen LogP contribution in [0.25, 0.3) is 10.6 Å². The molecule has 1 saturated heterocycles. The van der Waals surface area contributed by atoms with Gasteiger partial charge in [0.05, 0.1) is 26.3 Å². The van der Waals surface area contributed by atoms with Gasteiger partial charge in [0.1, 0.15) is 5.01 Å². The lowest BCUT2D eigenvalue weighted by atomic mass is 10.2. The summed E-state index contributed by atoms with van der Waals surface area (Å²) in [6, 6.07) is 5.49. The normalized spacial score (nSPS) is 14.6. The van der Waals surface area contributed by atoms with Crippen molar-refractivity contribution >= 4 is 29.1 Å². The van der Waals surface area contributed by atoms with Gasteiger partial charge < -0.3 is 24.0 Å². The minimum Gasteiger partial charge on any atom is -0.493 e. The van der Waals surface area contributed by atoms with Gasteiger partial charge in [-0.2, -0.15) is 0 Å². The van der Waals surface area contributed by atoms with Crippen molar-refractivity contribution in [3.05, 3.63) is 29.3 Å². The Balaban J connectivity index is 1.55. The van der Waals surface area contributed by atoms with Crippen LogP contribution < -0.4 is 9.47 Å². The van der Waals surface area contributed by atoms with Gasteiger partial charge in [-0.1, -0.05) is 0 Å². The maximum atomic E-state index is 12.6. The van der Waals surface area contributed by atoms with Gasteiger partial charge >= 0.3 is 5.97 Å².